The highest BCUT2D eigenvalue weighted by Gasteiger charge is 2.12. The van der Waals surface area contributed by atoms with Crippen LogP contribution in [-0.4, -0.2) is 22.1 Å². The number of ether oxygens (including phenoxy) is 1. The normalized spacial score (nSPS) is 10.8. The summed E-state index contributed by atoms with van der Waals surface area (Å²) in [7, 11) is 0. The third-order valence-corrected chi connectivity index (χ3v) is 3.07. The molecule has 2 rings (SSSR count). The van der Waals surface area contributed by atoms with Crippen molar-refractivity contribution in [3.8, 4) is 0 Å². The van der Waals surface area contributed by atoms with Crippen LogP contribution in [-0.2, 0) is 11.3 Å². The van der Waals surface area contributed by atoms with Gasteiger partial charge in [-0.15, -0.1) is 0 Å². The molecule has 100 valence electrons. The van der Waals surface area contributed by atoms with Gasteiger partial charge in [0.25, 0.3) is 5.91 Å². The molecule has 0 saturated heterocycles. The number of nitrogens with zero attached hydrogens (tertiary/aromatic N) is 1. The van der Waals surface area contributed by atoms with E-state index in [2.05, 4.69) is 11.6 Å². The number of hydrogen-bond acceptors (Lipinski definition) is 3. The third kappa shape index (κ3) is 2.67. The highest BCUT2D eigenvalue weighted by Crippen LogP contribution is 2.18. The van der Waals surface area contributed by atoms with E-state index in [1.807, 2.05) is 25.1 Å². The first kappa shape index (κ1) is 13.7. The molecule has 0 fully saturated rings. The van der Waals surface area contributed by atoms with Gasteiger partial charge in [0.05, 0.1) is 17.6 Å². The van der Waals surface area contributed by atoms with E-state index in [1.54, 1.807) is 6.92 Å². The molecule has 0 saturated carbocycles. The number of aromatic amines is 1. The van der Waals surface area contributed by atoms with Gasteiger partial charge in [-0.2, -0.15) is 0 Å². The zero-order chi connectivity index (χ0) is 14.0. The third-order valence-electron chi connectivity index (χ3n) is 2.79. The van der Waals surface area contributed by atoms with E-state index in [4.69, 9.17) is 17.0 Å². The van der Waals surface area contributed by atoms with Gasteiger partial charge < -0.3 is 9.72 Å². The van der Waals surface area contributed by atoms with Gasteiger partial charge in [0.1, 0.15) is 0 Å². The lowest BCUT2D eigenvalue weighted by atomic mass is 10.2. The largest absolute Gasteiger partial charge is 0.377 e. The first-order chi connectivity index (χ1) is 9.04. The zero-order valence-electron chi connectivity index (χ0n) is 11.0. The Kier molecular flexibility index (Phi) is 3.97. The van der Waals surface area contributed by atoms with Crippen molar-refractivity contribution in [3.05, 3.63) is 40.7 Å². The molecule has 1 aromatic heterocycles. The average molecular weight is 276 g/mol. The van der Waals surface area contributed by atoms with Gasteiger partial charge in [-0.1, -0.05) is 12.6 Å². The molecule has 0 amide bonds. The summed E-state index contributed by atoms with van der Waals surface area (Å²) < 4.78 is 7.22. The number of carbonyl (C=O) groups excluding carboxylic acids is 1. The fourth-order valence-electron chi connectivity index (χ4n) is 1.86. The predicted octanol–water partition coefficient (Wildman–Crippen LogP) is 3.45. The van der Waals surface area contributed by atoms with E-state index >= 15 is 0 Å². The summed E-state index contributed by atoms with van der Waals surface area (Å²) in [6.45, 7) is 8.51. The lowest BCUT2D eigenvalue weighted by Gasteiger charge is -2.04. The Hall–Kier alpha value is -1.72. The molecular formula is C14H16N2O2S. The van der Waals surface area contributed by atoms with Crippen LogP contribution in [0.2, 0.25) is 0 Å². The van der Waals surface area contributed by atoms with Crippen LogP contribution in [0.3, 0.4) is 0 Å². The number of nitrogens with one attached hydrogen (secondary N) is 1. The summed E-state index contributed by atoms with van der Waals surface area (Å²) in [6, 6.07) is 5.75. The van der Waals surface area contributed by atoms with Crippen LogP contribution in [0.25, 0.3) is 11.0 Å². The molecule has 0 atom stereocenters. The number of benzene rings is 1. The highest BCUT2D eigenvalue weighted by molar-refractivity contribution is 7.71. The van der Waals surface area contributed by atoms with Crippen molar-refractivity contribution in [2.45, 2.75) is 20.5 Å². The molecule has 0 bridgehead atoms. The number of allylic oxidation sites excluding steroid dienone is 1. The summed E-state index contributed by atoms with van der Waals surface area (Å²) in [5.74, 6) is -0.186. The van der Waals surface area contributed by atoms with Crippen molar-refractivity contribution < 1.29 is 9.53 Å². The first-order valence-corrected chi connectivity index (χ1v) is 6.47. The molecule has 0 aliphatic rings. The number of H-pyrrole nitrogens is 1. The van der Waals surface area contributed by atoms with Crippen molar-refractivity contribution >= 4 is 29.2 Å². The summed E-state index contributed by atoms with van der Waals surface area (Å²) in [4.78, 5) is 15.1. The average Bonchev–Trinajstić information content (AvgIpc) is 2.70. The molecule has 1 aromatic carbocycles. The molecule has 4 nitrogen and oxygen atoms in total. The molecule has 1 heterocycles. The van der Waals surface area contributed by atoms with Gasteiger partial charge in [0, 0.05) is 12.2 Å². The van der Waals surface area contributed by atoms with E-state index in [0.717, 1.165) is 16.6 Å². The molecule has 2 aromatic rings. The smallest absolute Gasteiger partial charge is 0.259 e. The van der Waals surface area contributed by atoms with Crippen molar-refractivity contribution in [1.29, 1.82) is 0 Å². The van der Waals surface area contributed by atoms with Crippen LogP contribution in [0.1, 0.15) is 24.2 Å². The molecule has 0 aliphatic heterocycles. The quantitative estimate of drug-likeness (QED) is 0.687. The maximum atomic E-state index is 12.0. The molecule has 0 radical (unpaired) electrons. The Bertz CT molecular complexity index is 697. The second kappa shape index (κ2) is 5.50. The number of aromatic nitrogens is 2. The number of hydrogen-bond donors (Lipinski definition) is 1. The molecule has 5 heteroatoms. The Morgan fingerprint density at radius 2 is 2.26 bits per heavy atom. The van der Waals surface area contributed by atoms with Crippen molar-refractivity contribution in [2.75, 3.05) is 6.61 Å². The number of imidazole rings is 1. The van der Waals surface area contributed by atoms with Gasteiger partial charge >= 0.3 is 0 Å². The Balaban J connectivity index is 2.51. The molecular weight excluding hydrogens is 260 g/mol. The van der Waals surface area contributed by atoms with E-state index in [0.29, 0.717) is 23.6 Å². The Morgan fingerprint density at radius 3 is 2.89 bits per heavy atom. The van der Waals surface area contributed by atoms with Crippen LogP contribution in [0, 0.1) is 4.77 Å². The summed E-state index contributed by atoms with van der Waals surface area (Å²) in [5, 5.41) is 0. The molecule has 19 heavy (non-hydrogen) atoms. The van der Waals surface area contributed by atoms with Crippen LogP contribution < -0.4 is 0 Å². The van der Waals surface area contributed by atoms with Crippen LogP contribution in [0.5, 0.6) is 0 Å². The Labute approximate surface area is 116 Å². The van der Waals surface area contributed by atoms with Gasteiger partial charge in [-0.3, -0.25) is 9.36 Å². The van der Waals surface area contributed by atoms with E-state index < -0.39 is 0 Å². The van der Waals surface area contributed by atoms with Gasteiger partial charge in [0.2, 0.25) is 0 Å². The SMILES string of the molecule is C=C(C)C(=O)n1c(=S)[nH]c2cc(COCC)ccc21. The molecule has 1 N–H and O–H groups in total. The predicted molar refractivity (Wildman–Crippen MR) is 77.9 cm³/mol. The van der Waals surface area contributed by atoms with E-state index in [1.165, 1.54) is 4.57 Å². The lowest BCUT2D eigenvalue weighted by Crippen LogP contribution is -2.10. The maximum Gasteiger partial charge on any atom is 0.259 e. The van der Waals surface area contributed by atoms with Gasteiger partial charge in [0.15, 0.2) is 4.77 Å². The van der Waals surface area contributed by atoms with Crippen molar-refractivity contribution in [3.63, 3.8) is 0 Å². The van der Waals surface area contributed by atoms with Crippen molar-refractivity contribution in [2.24, 2.45) is 0 Å². The van der Waals surface area contributed by atoms with Gasteiger partial charge in [-0.25, -0.2) is 0 Å². The fourth-order valence-corrected chi connectivity index (χ4v) is 2.15. The van der Waals surface area contributed by atoms with Crippen molar-refractivity contribution in [1.82, 2.24) is 9.55 Å². The summed E-state index contributed by atoms with van der Waals surface area (Å²) >= 11 is 5.19. The fraction of sp³-hybridized carbons (Fsp3) is 0.286. The minimum atomic E-state index is -0.186. The van der Waals surface area contributed by atoms with E-state index in [9.17, 15) is 4.79 Å². The maximum absolute atomic E-state index is 12.0. The van der Waals surface area contributed by atoms with Crippen LogP contribution in [0.4, 0.5) is 0 Å². The van der Waals surface area contributed by atoms with Crippen LogP contribution >= 0.6 is 12.2 Å². The number of carbonyl (C=O) groups is 1. The Morgan fingerprint density at radius 1 is 1.53 bits per heavy atom. The number of rotatable bonds is 4. The van der Waals surface area contributed by atoms with Crippen LogP contribution in [0.15, 0.2) is 30.4 Å². The second-order valence-corrected chi connectivity index (χ2v) is 4.73. The monoisotopic (exact) mass is 276 g/mol. The molecule has 0 unspecified atom stereocenters. The number of fused-ring (bicyclic) bond motifs is 1. The second-order valence-electron chi connectivity index (χ2n) is 4.34. The standard InChI is InChI=1S/C14H16N2O2S/c1-4-18-8-10-5-6-12-11(7-10)15-14(19)16(12)13(17)9(2)3/h5-7H,2,4,8H2,1,3H3,(H,15,19). The molecule has 0 aliphatic carbocycles. The highest BCUT2D eigenvalue weighted by atomic mass is 32.1. The van der Waals surface area contributed by atoms with Gasteiger partial charge in [-0.05, 0) is 43.8 Å². The first-order valence-electron chi connectivity index (χ1n) is 6.06. The molecule has 0 spiro atoms. The zero-order valence-corrected chi connectivity index (χ0v) is 11.8. The summed E-state index contributed by atoms with van der Waals surface area (Å²) in [6.07, 6.45) is 0. The topological polar surface area (TPSA) is 47.0 Å². The lowest BCUT2D eigenvalue weighted by molar-refractivity contribution is 0.0958. The minimum absolute atomic E-state index is 0.186. The summed E-state index contributed by atoms with van der Waals surface area (Å²) in [5.41, 5.74) is 3.09. The minimum Gasteiger partial charge on any atom is -0.377 e. The van der Waals surface area contributed by atoms with E-state index in [-0.39, 0.29) is 5.91 Å².